The van der Waals surface area contributed by atoms with Crippen LogP contribution in [-0.2, 0) is 29.0 Å². The van der Waals surface area contributed by atoms with Gasteiger partial charge in [0.1, 0.15) is 13.2 Å². The standard InChI is InChI=1S/C12H14F3N3O3/c1-20-11(19)10-7-4-16-3-2-8(7)17-9(18-10)5-21-6-12(13,14)15/h16H,2-6H2,1H3. The predicted molar refractivity (Wildman–Crippen MR) is 64.5 cm³/mol. The van der Waals surface area contributed by atoms with Gasteiger partial charge in [0, 0.05) is 25.1 Å². The third kappa shape index (κ3) is 4.11. The Morgan fingerprint density at radius 3 is 2.81 bits per heavy atom. The molecular formula is C12H14F3N3O3. The lowest BCUT2D eigenvalue weighted by Crippen LogP contribution is -2.29. The largest absolute Gasteiger partial charge is 0.464 e. The Balaban J connectivity index is 2.20. The third-order valence-corrected chi connectivity index (χ3v) is 2.86. The third-order valence-electron chi connectivity index (χ3n) is 2.86. The lowest BCUT2D eigenvalue weighted by Gasteiger charge is -2.19. The van der Waals surface area contributed by atoms with E-state index in [2.05, 4.69) is 24.8 Å². The molecule has 9 heteroatoms. The van der Waals surface area contributed by atoms with Gasteiger partial charge in [-0.05, 0) is 0 Å². The molecule has 0 atom stereocenters. The fourth-order valence-corrected chi connectivity index (χ4v) is 1.98. The zero-order chi connectivity index (χ0) is 15.5. The fraction of sp³-hybridized carbons (Fsp3) is 0.583. The maximum absolute atomic E-state index is 12.0. The predicted octanol–water partition coefficient (Wildman–Crippen LogP) is 0.988. The van der Waals surface area contributed by atoms with Crippen LogP contribution in [-0.4, -0.2) is 42.4 Å². The zero-order valence-electron chi connectivity index (χ0n) is 11.3. The number of carbonyl (C=O) groups is 1. The number of methoxy groups -OCH3 is 1. The maximum atomic E-state index is 12.0. The van der Waals surface area contributed by atoms with Gasteiger partial charge in [0.15, 0.2) is 11.5 Å². The summed E-state index contributed by atoms with van der Waals surface area (Å²) in [6, 6.07) is 0. The summed E-state index contributed by atoms with van der Waals surface area (Å²) in [5.74, 6) is -0.602. The smallest absolute Gasteiger partial charge is 0.411 e. The molecule has 0 saturated carbocycles. The monoisotopic (exact) mass is 305 g/mol. The molecule has 0 bridgehead atoms. The molecule has 1 aromatic heterocycles. The van der Waals surface area contributed by atoms with Crippen molar-refractivity contribution in [2.45, 2.75) is 25.7 Å². The Bertz CT molecular complexity index is 534. The van der Waals surface area contributed by atoms with E-state index in [9.17, 15) is 18.0 Å². The van der Waals surface area contributed by atoms with E-state index in [4.69, 9.17) is 0 Å². The molecule has 0 unspecified atom stereocenters. The summed E-state index contributed by atoms with van der Waals surface area (Å²) in [6.07, 6.45) is -3.85. The minimum atomic E-state index is -4.41. The Kier molecular flexibility index (Phi) is 4.73. The van der Waals surface area contributed by atoms with E-state index in [1.165, 1.54) is 7.11 Å². The van der Waals surface area contributed by atoms with Crippen LogP contribution in [0.5, 0.6) is 0 Å². The molecule has 1 aliphatic rings. The highest BCUT2D eigenvalue weighted by Crippen LogP contribution is 2.18. The number of halogens is 3. The molecule has 0 radical (unpaired) electrons. The molecule has 116 valence electrons. The van der Waals surface area contributed by atoms with Gasteiger partial charge in [0.25, 0.3) is 0 Å². The second-order valence-corrected chi connectivity index (χ2v) is 4.44. The molecular weight excluding hydrogens is 291 g/mol. The van der Waals surface area contributed by atoms with Gasteiger partial charge < -0.3 is 14.8 Å². The summed E-state index contributed by atoms with van der Waals surface area (Å²) in [6.45, 7) is -0.705. The first kappa shape index (κ1) is 15.6. The first-order valence-corrected chi connectivity index (χ1v) is 6.23. The van der Waals surface area contributed by atoms with Crippen molar-refractivity contribution in [3.05, 3.63) is 22.8 Å². The molecule has 0 fully saturated rings. The summed E-state index contributed by atoms with van der Waals surface area (Å²) in [5.41, 5.74) is 1.32. The highest BCUT2D eigenvalue weighted by molar-refractivity contribution is 5.89. The van der Waals surface area contributed by atoms with E-state index in [0.29, 0.717) is 30.8 Å². The minimum absolute atomic E-state index is 0.0419. The fourth-order valence-electron chi connectivity index (χ4n) is 1.98. The zero-order valence-corrected chi connectivity index (χ0v) is 11.3. The van der Waals surface area contributed by atoms with Gasteiger partial charge in [-0.1, -0.05) is 0 Å². The topological polar surface area (TPSA) is 73.3 Å². The number of hydrogen-bond acceptors (Lipinski definition) is 6. The van der Waals surface area contributed by atoms with Crippen LogP contribution >= 0.6 is 0 Å². The van der Waals surface area contributed by atoms with Crippen molar-refractivity contribution < 1.29 is 27.4 Å². The van der Waals surface area contributed by atoms with Gasteiger partial charge in [-0.3, -0.25) is 0 Å². The Morgan fingerprint density at radius 1 is 1.38 bits per heavy atom. The van der Waals surface area contributed by atoms with E-state index < -0.39 is 25.4 Å². The normalized spacial score (nSPS) is 14.7. The van der Waals surface area contributed by atoms with Gasteiger partial charge in [-0.15, -0.1) is 0 Å². The van der Waals surface area contributed by atoms with E-state index in [-0.39, 0.29) is 11.5 Å². The molecule has 2 rings (SSSR count). The Morgan fingerprint density at radius 2 is 2.14 bits per heavy atom. The average Bonchev–Trinajstić information content (AvgIpc) is 2.44. The number of alkyl halides is 3. The number of hydrogen-bond donors (Lipinski definition) is 1. The van der Waals surface area contributed by atoms with E-state index in [0.717, 1.165) is 0 Å². The molecule has 0 aliphatic carbocycles. The van der Waals surface area contributed by atoms with Gasteiger partial charge in [-0.25, -0.2) is 14.8 Å². The Hall–Kier alpha value is -1.74. The number of ether oxygens (including phenoxy) is 2. The van der Waals surface area contributed by atoms with Crippen molar-refractivity contribution in [3.8, 4) is 0 Å². The van der Waals surface area contributed by atoms with Crippen LogP contribution in [0, 0.1) is 0 Å². The highest BCUT2D eigenvalue weighted by Gasteiger charge is 2.28. The lowest BCUT2D eigenvalue weighted by molar-refractivity contribution is -0.177. The van der Waals surface area contributed by atoms with Gasteiger partial charge in [-0.2, -0.15) is 13.2 Å². The quantitative estimate of drug-likeness (QED) is 0.836. The number of esters is 1. The van der Waals surface area contributed by atoms with Crippen molar-refractivity contribution in [1.82, 2.24) is 15.3 Å². The molecule has 6 nitrogen and oxygen atoms in total. The molecule has 0 amide bonds. The lowest BCUT2D eigenvalue weighted by atomic mass is 10.1. The summed E-state index contributed by atoms with van der Waals surface area (Å²) >= 11 is 0. The van der Waals surface area contributed by atoms with Crippen LogP contribution in [0.25, 0.3) is 0 Å². The van der Waals surface area contributed by atoms with Crippen LogP contribution in [0.3, 0.4) is 0 Å². The van der Waals surface area contributed by atoms with Crippen molar-refractivity contribution in [2.75, 3.05) is 20.3 Å². The number of nitrogens with zero attached hydrogens (tertiary/aromatic N) is 2. The van der Waals surface area contributed by atoms with Crippen LogP contribution in [0.1, 0.15) is 27.6 Å². The molecule has 1 aliphatic heterocycles. The van der Waals surface area contributed by atoms with Gasteiger partial charge >= 0.3 is 12.1 Å². The maximum Gasteiger partial charge on any atom is 0.411 e. The first-order valence-electron chi connectivity index (χ1n) is 6.23. The minimum Gasteiger partial charge on any atom is -0.464 e. The van der Waals surface area contributed by atoms with Gasteiger partial charge in [0.2, 0.25) is 0 Å². The van der Waals surface area contributed by atoms with Crippen molar-refractivity contribution in [2.24, 2.45) is 0 Å². The van der Waals surface area contributed by atoms with Gasteiger partial charge in [0.05, 0.1) is 12.8 Å². The number of fused-ring (bicyclic) bond motifs is 1. The van der Waals surface area contributed by atoms with Crippen LogP contribution < -0.4 is 5.32 Å². The molecule has 2 heterocycles. The SMILES string of the molecule is COC(=O)c1nc(COCC(F)(F)F)nc2c1CNCC2. The summed E-state index contributed by atoms with van der Waals surface area (Å²) in [7, 11) is 1.22. The second kappa shape index (κ2) is 6.35. The van der Waals surface area contributed by atoms with Crippen LogP contribution in [0.4, 0.5) is 13.2 Å². The number of carbonyl (C=O) groups excluding carboxylic acids is 1. The van der Waals surface area contributed by atoms with Crippen molar-refractivity contribution in [1.29, 1.82) is 0 Å². The summed E-state index contributed by atoms with van der Waals surface area (Å²) in [4.78, 5) is 19.8. The highest BCUT2D eigenvalue weighted by atomic mass is 19.4. The van der Waals surface area contributed by atoms with E-state index in [1.807, 2.05) is 0 Å². The van der Waals surface area contributed by atoms with E-state index in [1.54, 1.807) is 0 Å². The molecule has 21 heavy (non-hydrogen) atoms. The molecule has 0 aromatic carbocycles. The molecule has 0 spiro atoms. The second-order valence-electron chi connectivity index (χ2n) is 4.44. The summed E-state index contributed by atoms with van der Waals surface area (Å²) in [5, 5.41) is 3.08. The van der Waals surface area contributed by atoms with E-state index >= 15 is 0 Å². The number of rotatable bonds is 4. The van der Waals surface area contributed by atoms with Crippen LogP contribution in [0.2, 0.25) is 0 Å². The average molecular weight is 305 g/mol. The van der Waals surface area contributed by atoms with Crippen LogP contribution in [0.15, 0.2) is 0 Å². The Labute approximate surface area is 118 Å². The molecule has 1 aromatic rings. The first-order chi connectivity index (χ1) is 9.90. The summed E-state index contributed by atoms with van der Waals surface area (Å²) < 4.78 is 45.3. The molecule has 1 N–H and O–H groups in total. The van der Waals surface area contributed by atoms with Crippen molar-refractivity contribution in [3.63, 3.8) is 0 Å². The molecule has 0 saturated heterocycles. The number of aromatic nitrogens is 2. The number of nitrogens with one attached hydrogen (secondary N) is 1. The van der Waals surface area contributed by atoms with Crippen molar-refractivity contribution >= 4 is 5.97 Å².